The Morgan fingerprint density at radius 1 is 0.351 bits per heavy atom. The Hall–Kier alpha value is -7.76. The molecule has 4 aromatic heterocycles. The molecule has 0 amide bonds. The maximum absolute atomic E-state index is 6.39. The minimum Gasteiger partial charge on any atom is -0.456 e. The van der Waals surface area contributed by atoms with Gasteiger partial charge in [0.05, 0.1) is 33.5 Å². The number of nitrogens with zero attached hydrogens (tertiary/aromatic N) is 4. The van der Waals surface area contributed by atoms with E-state index in [0.29, 0.717) is 5.95 Å². The number of fused-ring (bicyclic) bond motifs is 10. The lowest BCUT2D eigenvalue weighted by Gasteiger charge is -2.13. The minimum absolute atomic E-state index is 0.604. The van der Waals surface area contributed by atoms with E-state index in [0.717, 1.165) is 99.5 Å². The van der Waals surface area contributed by atoms with Gasteiger partial charge in [-0.3, -0.25) is 4.57 Å². The van der Waals surface area contributed by atoms with Crippen molar-refractivity contribution >= 4 is 65.6 Å². The monoisotopic (exact) mass is 728 g/mol. The van der Waals surface area contributed by atoms with Crippen molar-refractivity contribution in [1.29, 1.82) is 0 Å². The molecule has 266 valence electrons. The standard InChI is InChI=1S/C52H32N4O/c1-3-14-33(15-4-1)34-16-13-17-35(30-34)43-32-44(36-26-27-40-39-21-9-12-25-48(39)57-49(40)31-36)54-52(53-43)56-45-23-10-7-20-38(45)41-28-29-47-50(51(41)56)42-22-8-11-24-46(42)55(47)37-18-5-2-6-19-37/h1-32H. The molecule has 0 spiro atoms. The van der Waals surface area contributed by atoms with Gasteiger partial charge in [0.15, 0.2) is 0 Å². The van der Waals surface area contributed by atoms with Crippen molar-refractivity contribution in [2.45, 2.75) is 0 Å². The summed E-state index contributed by atoms with van der Waals surface area (Å²) in [5.41, 5.74) is 13.1. The van der Waals surface area contributed by atoms with Gasteiger partial charge in [-0.15, -0.1) is 0 Å². The Bertz CT molecular complexity index is 3520. The number of rotatable bonds is 5. The fourth-order valence-electron chi connectivity index (χ4n) is 8.78. The Morgan fingerprint density at radius 2 is 0.947 bits per heavy atom. The molecule has 5 heteroatoms. The Kier molecular flexibility index (Phi) is 6.86. The van der Waals surface area contributed by atoms with Crippen LogP contribution in [-0.2, 0) is 0 Å². The molecule has 0 saturated carbocycles. The van der Waals surface area contributed by atoms with Gasteiger partial charge in [0.25, 0.3) is 0 Å². The van der Waals surface area contributed by atoms with E-state index in [-0.39, 0.29) is 0 Å². The summed E-state index contributed by atoms with van der Waals surface area (Å²) in [6, 6.07) is 68.3. The molecule has 0 aliphatic carbocycles. The highest BCUT2D eigenvalue weighted by Gasteiger charge is 2.23. The van der Waals surface area contributed by atoms with Crippen LogP contribution in [0, 0.1) is 0 Å². The Morgan fingerprint density at radius 3 is 1.75 bits per heavy atom. The molecule has 0 unspecified atom stereocenters. The predicted octanol–water partition coefficient (Wildman–Crippen LogP) is 13.6. The first-order chi connectivity index (χ1) is 28.3. The molecule has 12 rings (SSSR count). The zero-order valence-electron chi connectivity index (χ0n) is 30.7. The van der Waals surface area contributed by atoms with E-state index >= 15 is 0 Å². The van der Waals surface area contributed by atoms with Crippen LogP contribution in [0.25, 0.3) is 111 Å². The summed E-state index contributed by atoms with van der Waals surface area (Å²) in [5.74, 6) is 0.604. The van der Waals surface area contributed by atoms with Crippen molar-refractivity contribution in [2.75, 3.05) is 0 Å². The SMILES string of the molecule is c1ccc(-c2cccc(-c3cc(-c4ccc5c(c4)oc4ccccc45)nc(-n4c5ccccc5c5ccc6c(c7ccccc7n6-c6ccccc6)c54)n3)c2)cc1. The van der Waals surface area contributed by atoms with E-state index in [1.54, 1.807) is 0 Å². The highest BCUT2D eigenvalue weighted by Crippen LogP contribution is 2.42. The van der Waals surface area contributed by atoms with Gasteiger partial charge in [-0.05, 0) is 71.8 Å². The van der Waals surface area contributed by atoms with Crippen LogP contribution < -0.4 is 0 Å². The van der Waals surface area contributed by atoms with Gasteiger partial charge < -0.3 is 8.98 Å². The molecule has 0 saturated heterocycles. The van der Waals surface area contributed by atoms with Gasteiger partial charge in [0.1, 0.15) is 11.2 Å². The van der Waals surface area contributed by atoms with Crippen LogP contribution in [0.4, 0.5) is 0 Å². The van der Waals surface area contributed by atoms with Crippen LogP contribution in [0.3, 0.4) is 0 Å². The lowest BCUT2D eigenvalue weighted by atomic mass is 10.0. The van der Waals surface area contributed by atoms with Gasteiger partial charge in [-0.25, -0.2) is 9.97 Å². The lowest BCUT2D eigenvalue weighted by Crippen LogP contribution is -2.04. The third-order valence-corrected chi connectivity index (χ3v) is 11.3. The second-order valence-corrected chi connectivity index (χ2v) is 14.6. The summed E-state index contributed by atoms with van der Waals surface area (Å²) in [6.45, 7) is 0. The maximum atomic E-state index is 6.39. The summed E-state index contributed by atoms with van der Waals surface area (Å²) >= 11 is 0. The van der Waals surface area contributed by atoms with Crippen molar-refractivity contribution in [3.8, 4) is 45.3 Å². The van der Waals surface area contributed by atoms with Crippen molar-refractivity contribution < 1.29 is 4.42 Å². The predicted molar refractivity (Wildman–Crippen MR) is 234 cm³/mol. The zero-order chi connectivity index (χ0) is 37.5. The van der Waals surface area contributed by atoms with Gasteiger partial charge in [0, 0.05) is 49.1 Å². The maximum Gasteiger partial charge on any atom is 0.235 e. The van der Waals surface area contributed by atoms with E-state index < -0.39 is 0 Å². The lowest BCUT2D eigenvalue weighted by molar-refractivity contribution is 0.669. The smallest absolute Gasteiger partial charge is 0.235 e. The van der Waals surface area contributed by atoms with E-state index in [2.05, 4.69) is 191 Å². The Balaban J connectivity index is 1.18. The van der Waals surface area contributed by atoms with Crippen molar-refractivity contribution in [3.63, 3.8) is 0 Å². The number of aromatic nitrogens is 4. The zero-order valence-corrected chi connectivity index (χ0v) is 30.7. The largest absolute Gasteiger partial charge is 0.456 e. The number of para-hydroxylation sites is 4. The molecule has 4 heterocycles. The normalized spacial score (nSPS) is 11.9. The summed E-state index contributed by atoms with van der Waals surface area (Å²) < 4.78 is 11.0. The van der Waals surface area contributed by atoms with Crippen molar-refractivity contribution in [3.05, 3.63) is 194 Å². The molecule has 0 atom stereocenters. The number of hydrogen-bond acceptors (Lipinski definition) is 3. The molecule has 0 aliphatic rings. The molecular formula is C52H32N4O. The van der Waals surface area contributed by atoms with Crippen LogP contribution in [0.2, 0.25) is 0 Å². The van der Waals surface area contributed by atoms with Gasteiger partial charge in [-0.2, -0.15) is 0 Å². The topological polar surface area (TPSA) is 48.8 Å². The molecule has 12 aromatic rings. The van der Waals surface area contributed by atoms with E-state index in [1.807, 2.05) is 12.1 Å². The summed E-state index contributed by atoms with van der Waals surface area (Å²) in [6.07, 6.45) is 0. The van der Waals surface area contributed by atoms with Crippen LogP contribution in [0.15, 0.2) is 199 Å². The molecule has 0 fully saturated rings. The molecule has 0 aliphatic heterocycles. The van der Waals surface area contributed by atoms with Crippen molar-refractivity contribution in [1.82, 2.24) is 19.1 Å². The fourth-order valence-corrected chi connectivity index (χ4v) is 8.78. The highest BCUT2D eigenvalue weighted by atomic mass is 16.3. The van der Waals surface area contributed by atoms with Gasteiger partial charge >= 0.3 is 0 Å². The molecule has 8 aromatic carbocycles. The Labute approximate surface area is 327 Å². The summed E-state index contributed by atoms with van der Waals surface area (Å²) in [7, 11) is 0. The first-order valence-corrected chi connectivity index (χ1v) is 19.2. The van der Waals surface area contributed by atoms with Gasteiger partial charge in [0.2, 0.25) is 5.95 Å². The van der Waals surface area contributed by atoms with Crippen LogP contribution >= 0.6 is 0 Å². The van der Waals surface area contributed by atoms with Crippen LogP contribution in [0.1, 0.15) is 0 Å². The van der Waals surface area contributed by atoms with E-state index in [9.17, 15) is 0 Å². The number of hydrogen-bond donors (Lipinski definition) is 0. The second kappa shape index (κ2) is 12.4. The molecule has 0 bridgehead atoms. The summed E-state index contributed by atoms with van der Waals surface area (Å²) in [5, 5.41) is 6.82. The minimum atomic E-state index is 0.604. The third-order valence-electron chi connectivity index (χ3n) is 11.3. The second-order valence-electron chi connectivity index (χ2n) is 14.6. The molecule has 57 heavy (non-hydrogen) atoms. The molecule has 5 nitrogen and oxygen atoms in total. The van der Waals surface area contributed by atoms with Crippen molar-refractivity contribution in [2.24, 2.45) is 0 Å². The van der Waals surface area contributed by atoms with Crippen LogP contribution in [-0.4, -0.2) is 19.1 Å². The number of benzene rings is 8. The average Bonchev–Trinajstić information content (AvgIpc) is 3.94. The number of furan rings is 1. The van der Waals surface area contributed by atoms with E-state index in [1.165, 1.54) is 5.39 Å². The third kappa shape index (κ3) is 4.89. The average molecular weight is 729 g/mol. The van der Waals surface area contributed by atoms with Gasteiger partial charge in [-0.1, -0.05) is 133 Å². The molecule has 0 N–H and O–H groups in total. The van der Waals surface area contributed by atoms with E-state index in [4.69, 9.17) is 14.4 Å². The highest BCUT2D eigenvalue weighted by molar-refractivity contribution is 6.26. The van der Waals surface area contributed by atoms with Crippen LogP contribution in [0.5, 0.6) is 0 Å². The fraction of sp³-hybridized carbons (Fsp3) is 0. The first-order valence-electron chi connectivity index (χ1n) is 19.2. The quantitative estimate of drug-likeness (QED) is 0.177. The summed E-state index contributed by atoms with van der Waals surface area (Å²) in [4.78, 5) is 10.9. The molecule has 0 radical (unpaired) electrons. The first kappa shape index (κ1) is 31.6. The molecular weight excluding hydrogens is 697 g/mol.